The first-order valence-corrected chi connectivity index (χ1v) is 7.04. The molecule has 2 rings (SSSR count). The molecule has 1 aromatic carbocycles. The van der Waals surface area contributed by atoms with Crippen LogP contribution in [-0.2, 0) is 0 Å². The van der Waals surface area contributed by atoms with E-state index >= 15 is 0 Å². The van der Waals surface area contributed by atoms with Gasteiger partial charge in [-0.3, -0.25) is 0 Å². The number of para-hydroxylation sites is 1. The first kappa shape index (κ1) is 13.8. The minimum absolute atomic E-state index is 0.391. The third-order valence-electron chi connectivity index (χ3n) is 3.18. The number of nitrogens with one attached hydrogen (secondary N) is 1. The molecule has 1 heterocycles. The molecule has 0 saturated carbocycles. The van der Waals surface area contributed by atoms with Gasteiger partial charge in [-0.2, -0.15) is 5.10 Å². The highest BCUT2D eigenvalue weighted by atomic mass is 15.3. The summed E-state index contributed by atoms with van der Waals surface area (Å²) in [6.45, 7) is 7.64. The Balaban J connectivity index is 2.18. The van der Waals surface area contributed by atoms with Crippen molar-refractivity contribution < 1.29 is 0 Å². The molecule has 2 aromatic rings. The van der Waals surface area contributed by atoms with Crippen molar-refractivity contribution in [1.29, 1.82) is 0 Å². The van der Waals surface area contributed by atoms with E-state index in [1.807, 2.05) is 29.1 Å². The van der Waals surface area contributed by atoms with Gasteiger partial charge >= 0.3 is 0 Å². The molecule has 19 heavy (non-hydrogen) atoms. The molecular formula is C16H23N3. The van der Waals surface area contributed by atoms with Gasteiger partial charge in [-0.25, -0.2) is 4.68 Å². The Kier molecular flexibility index (Phi) is 4.74. The molecule has 1 unspecified atom stereocenters. The molecule has 0 aliphatic heterocycles. The predicted molar refractivity (Wildman–Crippen MR) is 79.4 cm³/mol. The zero-order valence-corrected chi connectivity index (χ0v) is 12.0. The van der Waals surface area contributed by atoms with Crippen LogP contribution in [0.25, 0.3) is 5.69 Å². The van der Waals surface area contributed by atoms with E-state index in [1.165, 1.54) is 5.56 Å². The standard InChI is InChI=1S/C16H23N3/c1-4-17-16(10-13(2)3)14-11-18-19(12-14)15-8-6-5-7-9-15/h5-9,11-13,16-17H,4,10H2,1-3H3. The van der Waals surface area contributed by atoms with E-state index in [0.717, 1.165) is 18.7 Å². The van der Waals surface area contributed by atoms with Crippen molar-refractivity contribution >= 4 is 0 Å². The lowest BCUT2D eigenvalue weighted by molar-refractivity contribution is 0.438. The maximum Gasteiger partial charge on any atom is 0.0645 e. The fourth-order valence-corrected chi connectivity index (χ4v) is 2.29. The van der Waals surface area contributed by atoms with Crippen LogP contribution in [0.4, 0.5) is 0 Å². The van der Waals surface area contributed by atoms with Crippen LogP contribution in [0.15, 0.2) is 42.7 Å². The van der Waals surface area contributed by atoms with Crippen molar-refractivity contribution in [2.75, 3.05) is 6.54 Å². The van der Waals surface area contributed by atoms with Crippen molar-refractivity contribution in [2.24, 2.45) is 5.92 Å². The SMILES string of the molecule is CCNC(CC(C)C)c1cnn(-c2ccccc2)c1. The largest absolute Gasteiger partial charge is 0.310 e. The Bertz CT molecular complexity index is 488. The Hall–Kier alpha value is -1.61. The first-order valence-electron chi connectivity index (χ1n) is 7.04. The average Bonchev–Trinajstić information content (AvgIpc) is 2.88. The Labute approximate surface area is 115 Å². The predicted octanol–water partition coefficient (Wildman–Crippen LogP) is 3.57. The molecule has 102 valence electrons. The Morgan fingerprint density at radius 3 is 2.58 bits per heavy atom. The zero-order chi connectivity index (χ0) is 13.7. The smallest absolute Gasteiger partial charge is 0.0645 e. The van der Waals surface area contributed by atoms with Gasteiger partial charge in [0.1, 0.15) is 0 Å². The summed E-state index contributed by atoms with van der Waals surface area (Å²) >= 11 is 0. The van der Waals surface area contributed by atoms with Gasteiger partial charge in [0.2, 0.25) is 0 Å². The number of rotatable bonds is 6. The second kappa shape index (κ2) is 6.53. The maximum absolute atomic E-state index is 4.47. The van der Waals surface area contributed by atoms with E-state index in [0.29, 0.717) is 12.0 Å². The summed E-state index contributed by atoms with van der Waals surface area (Å²) in [5, 5.41) is 8.02. The molecule has 3 heteroatoms. The van der Waals surface area contributed by atoms with Gasteiger partial charge in [-0.1, -0.05) is 39.0 Å². The highest BCUT2D eigenvalue weighted by Crippen LogP contribution is 2.21. The second-order valence-electron chi connectivity index (χ2n) is 5.29. The summed E-state index contributed by atoms with van der Waals surface area (Å²) in [7, 11) is 0. The highest BCUT2D eigenvalue weighted by molar-refractivity contribution is 5.31. The maximum atomic E-state index is 4.47. The van der Waals surface area contributed by atoms with E-state index in [2.05, 4.69) is 49.5 Å². The van der Waals surface area contributed by atoms with Crippen molar-refractivity contribution in [2.45, 2.75) is 33.2 Å². The summed E-state index contributed by atoms with van der Waals surface area (Å²) in [6.07, 6.45) is 5.24. The number of hydrogen-bond acceptors (Lipinski definition) is 2. The summed E-state index contributed by atoms with van der Waals surface area (Å²) in [5.41, 5.74) is 2.37. The summed E-state index contributed by atoms with van der Waals surface area (Å²) in [4.78, 5) is 0. The van der Waals surface area contributed by atoms with Crippen LogP contribution >= 0.6 is 0 Å². The van der Waals surface area contributed by atoms with Crippen molar-refractivity contribution in [3.05, 3.63) is 48.3 Å². The fourth-order valence-electron chi connectivity index (χ4n) is 2.29. The minimum Gasteiger partial charge on any atom is -0.310 e. The molecule has 0 bridgehead atoms. The van der Waals surface area contributed by atoms with Crippen LogP contribution in [0, 0.1) is 5.92 Å². The van der Waals surface area contributed by atoms with Crippen LogP contribution < -0.4 is 5.32 Å². The van der Waals surface area contributed by atoms with E-state index in [1.54, 1.807) is 0 Å². The van der Waals surface area contributed by atoms with Gasteiger partial charge in [-0.15, -0.1) is 0 Å². The van der Waals surface area contributed by atoms with Gasteiger partial charge in [-0.05, 0) is 31.0 Å². The minimum atomic E-state index is 0.391. The van der Waals surface area contributed by atoms with E-state index in [9.17, 15) is 0 Å². The van der Waals surface area contributed by atoms with Crippen molar-refractivity contribution in [1.82, 2.24) is 15.1 Å². The van der Waals surface area contributed by atoms with Crippen molar-refractivity contribution in [3.8, 4) is 5.69 Å². The van der Waals surface area contributed by atoms with Gasteiger partial charge < -0.3 is 5.32 Å². The second-order valence-corrected chi connectivity index (χ2v) is 5.29. The molecule has 0 radical (unpaired) electrons. The molecule has 0 aliphatic rings. The monoisotopic (exact) mass is 257 g/mol. The lowest BCUT2D eigenvalue weighted by atomic mass is 9.99. The summed E-state index contributed by atoms with van der Waals surface area (Å²) in [6, 6.07) is 10.6. The molecule has 1 atom stereocenters. The van der Waals surface area contributed by atoms with Crippen LogP contribution in [0.3, 0.4) is 0 Å². The molecule has 0 fully saturated rings. The number of nitrogens with zero attached hydrogens (tertiary/aromatic N) is 2. The molecular weight excluding hydrogens is 234 g/mol. The van der Waals surface area contributed by atoms with Gasteiger partial charge in [0.15, 0.2) is 0 Å². The quantitative estimate of drug-likeness (QED) is 0.857. The van der Waals surface area contributed by atoms with Crippen LogP contribution in [0.1, 0.15) is 38.8 Å². The van der Waals surface area contributed by atoms with E-state index < -0.39 is 0 Å². The Morgan fingerprint density at radius 1 is 1.21 bits per heavy atom. The van der Waals surface area contributed by atoms with Crippen LogP contribution in [-0.4, -0.2) is 16.3 Å². The van der Waals surface area contributed by atoms with E-state index in [-0.39, 0.29) is 0 Å². The normalized spacial score (nSPS) is 12.8. The molecule has 0 spiro atoms. The number of benzene rings is 1. The topological polar surface area (TPSA) is 29.9 Å². The van der Waals surface area contributed by atoms with Crippen LogP contribution in [0.5, 0.6) is 0 Å². The lowest BCUT2D eigenvalue weighted by Crippen LogP contribution is -2.22. The third-order valence-corrected chi connectivity index (χ3v) is 3.18. The number of hydrogen-bond donors (Lipinski definition) is 1. The van der Waals surface area contributed by atoms with Gasteiger partial charge in [0.05, 0.1) is 11.9 Å². The van der Waals surface area contributed by atoms with Gasteiger partial charge in [0.25, 0.3) is 0 Å². The van der Waals surface area contributed by atoms with E-state index in [4.69, 9.17) is 0 Å². The molecule has 3 nitrogen and oxygen atoms in total. The molecule has 0 saturated heterocycles. The van der Waals surface area contributed by atoms with Crippen LogP contribution in [0.2, 0.25) is 0 Å². The first-order chi connectivity index (χ1) is 9.20. The summed E-state index contributed by atoms with van der Waals surface area (Å²) < 4.78 is 1.94. The number of aromatic nitrogens is 2. The average molecular weight is 257 g/mol. The lowest BCUT2D eigenvalue weighted by Gasteiger charge is -2.18. The molecule has 1 N–H and O–H groups in total. The third kappa shape index (κ3) is 3.67. The molecule has 0 amide bonds. The fraction of sp³-hybridized carbons (Fsp3) is 0.438. The van der Waals surface area contributed by atoms with Gasteiger partial charge in [0, 0.05) is 17.8 Å². The Morgan fingerprint density at radius 2 is 1.95 bits per heavy atom. The zero-order valence-electron chi connectivity index (χ0n) is 12.0. The van der Waals surface area contributed by atoms with Crippen molar-refractivity contribution in [3.63, 3.8) is 0 Å². The molecule has 0 aliphatic carbocycles. The highest BCUT2D eigenvalue weighted by Gasteiger charge is 2.14. The molecule has 1 aromatic heterocycles. The summed E-state index contributed by atoms with van der Waals surface area (Å²) in [5.74, 6) is 0.670.